The number of tetrazole rings is 1. The van der Waals surface area contributed by atoms with Crippen LogP contribution >= 0.6 is 0 Å². The number of carbonyl (C=O) groups is 2. The van der Waals surface area contributed by atoms with Crippen LogP contribution in [0.15, 0.2) is 36.8 Å². The number of fused-ring (bicyclic) bond motifs is 1. The predicted octanol–water partition coefficient (Wildman–Crippen LogP) is 0.793. The first-order chi connectivity index (χ1) is 14.7. The number of amides is 2. The molecule has 5 rings (SSSR count). The average molecular weight is 406 g/mol. The molecule has 30 heavy (non-hydrogen) atoms. The van der Waals surface area contributed by atoms with Crippen molar-refractivity contribution in [2.75, 3.05) is 26.2 Å². The third-order valence-electron chi connectivity index (χ3n) is 5.77. The zero-order valence-electron chi connectivity index (χ0n) is 16.5. The van der Waals surface area contributed by atoms with Crippen molar-refractivity contribution in [2.24, 2.45) is 0 Å². The lowest BCUT2D eigenvalue weighted by Gasteiger charge is -2.35. The van der Waals surface area contributed by atoms with Gasteiger partial charge in [0.1, 0.15) is 6.33 Å². The molecule has 2 aromatic heterocycles. The second-order valence-corrected chi connectivity index (χ2v) is 7.57. The molecule has 0 radical (unpaired) electrons. The third-order valence-corrected chi connectivity index (χ3v) is 5.77. The van der Waals surface area contributed by atoms with Crippen molar-refractivity contribution in [1.29, 1.82) is 0 Å². The standard InChI is InChI=1S/C20H22N8O2/c29-19(15-4-3-5-16(12-15)28-14-21-23-24-28)25-8-10-26(11-9-25)20(30)17-13-22-27-7-2-1-6-18(17)27/h3-5,12-14H,1-2,6-11H2. The van der Waals surface area contributed by atoms with Gasteiger partial charge in [-0.25, -0.2) is 4.68 Å². The second kappa shape index (κ2) is 7.69. The van der Waals surface area contributed by atoms with Gasteiger partial charge in [-0.3, -0.25) is 14.3 Å². The Morgan fingerprint density at radius 2 is 1.73 bits per heavy atom. The molecule has 0 spiro atoms. The van der Waals surface area contributed by atoms with E-state index in [1.165, 1.54) is 11.0 Å². The molecule has 0 saturated carbocycles. The number of carbonyl (C=O) groups excluding carboxylic acids is 2. The number of aryl methyl sites for hydroxylation is 1. The van der Waals surface area contributed by atoms with Crippen molar-refractivity contribution in [3.05, 3.63) is 53.6 Å². The number of rotatable bonds is 3. The van der Waals surface area contributed by atoms with E-state index < -0.39 is 0 Å². The summed E-state index contributed by atoms with van der Waals surface area (Å²) in [6, 6.07) is 7.21. The van der Waals surface area contributed by atoms with Crippen molar-refractivity contribution in [1.82, 2.24) is 39.8 Å². The molecule has 0 bridgehead atoms. The molecule has 154 valence electrons. The Morgan fingerprint density at radius 3 is 2.50 bits per heavy atom. The molecule has 2 amide bonds. The first kappa shape index (κ1) is 18.5. The molecule has 0 atom stereocenters. The summed E-state index contributed by atoms with van der Waals surface area (Å²) in [4.78, 5) is 29.6. The number of hydrogen-bond donors (Lipinski definition) is 0. The molecule has 0 unspecified atom stereocenters. The summed E-state index contributed by atoms with van der Waals surface area (Å²) in [5.41, 5.74) is 3.06. The van der Waals surface area contributed by atoms with E-state index >= 15 is 0 Å². The second-order valence-electron chi connectivity index (χ2n) is 7.57. The summed E-state index contributed by atoms with van der Waals surface area (Å²) >= 11 is 0. The van der Waals surface area contributed by atoms with Crippen LogP contribution in [0, 0.1) is 0 Å². The van der Waals surface area contributed by atoms with E-state index in [-0.39, 0.29) is 11.8 Å². The lowest BCUT2D eigenvalue weighted by atomic mass is 10.1. The van der Waals surface area contributed by atoms with Gasteiger partial charge >= 0.3 is 0 Å². The van der Waals surface area contributed by atoms with Crippen LogP contribution in [0.5, 0.6) is 0 Å². The van der Waals surface area contributed by atoms with Crippen molar-refractivity contribution in [2.45, 2.75) is 25.8 Å². The lowest BCUT2D eigenvalue weighted by Crippen LogP contribution is -2.50. The van der Waals surface area contributed by atoms with Crippen LogP contribution in [-0.4, -0.2) is 77.8 Å². The molecule has 1 saturated heterocycles. The van der Waals surface area contributed by atoms with E-state index in [9.17, 15) is 9.59 Å². The van der Waals surface area contributed by atoms with Gasteiger partial charge in [-0.1, -0.05) is 6.07 Å². The first-order valence-electron chi connectivity index (χ1n) is 10.2. The Kier molecular flexibility index (Phi) is 4.74. The maximum atomic E-state index is 13.0. The van der Waals surface area contributed by atoms with Crippen LogP contribution in [0.1, 0.15) is 39.3 Å². The minimum absolute atomic E-state index is 0.0194. The Balaban J connectivity index is 1.25. The van der Waals surface area contributed by atoms with E-state index in [0.717, 1.165) is 37.2 Å². The van der Waals surface area contributed by atoms with Gasteiger partial charge in [-0.05, 0) is 47.9 Å². The number of piperazine rings is 1. The van der Waals surface area contributed by atoms with Crippen LogP contribution in [0.25, 0.3) is 5.69 Å². The maximum absolute atomic E-state index is 13.0. The number of benzene rings is 1. The summed E-state index contributed by atoms with van der Waals surface area (Å²) in [7, 11) is 0. The molecule has 3 aromatic rings. The van der Waals surface area contributed by atoms with Gasteiger partial charge in [-0.2, -0.15) is 5.10 Å². The summed E-state index contributed by atoms with van der Waals surface area (Å²) in [6.45, 7) is 2.92. The lowest BCUT2D eigenvalue weighted by molar-refractivity contribution is 0.0534. The smallest absolute Gasteiger partial charge is 0.257 e. The molecule has 10 nitrogen and oxygen atoms in total. The molecule has 0 aliphatic carbocycles. The maximum Gasteiger partial charge on any atom is 0.257 e. The highest BCUT2D eigenvalue weighted by Crippen LogP contribution is 2.20. The van der Waals surface area contributed by atoms with E-state index in [1.807, 2.05) is 21.7 Å². The van der Waals surface area contributed by atoms with Gasteiger partial charge in [0.25, 0.3) is 11.8 Å². The van der Waals surface area contributed by atoms with Crippen molar-refractivity contribution < 1.29 is 9.59 Å². The van der Waals surface area contributed by atoms with Gasteiger partial charge in [0.15, 0.2) is 0 Å². The van der Waals surface area contributed by atoms with Crippen LogP contribution in [0.2, 0.25) is 0 Å². The summed E-state index contributed by atoms with van der Waals surface area (Å²) in [6.07, 6.45) is 6.29. The fourth-order valence-corrected chi connectivity index (χ4v) is 4.13. The van der Waals surface area contributed by atoms with Crippen LogP contribution < -0.4 is 0 Å². The molecular weight excluding hydrogens is 384 g/mol. The van der Waals surface area contributed by atoms with E-state index in [2.05, 4.69) is 20.6 Å². The highest BCUT2D eigenvalue weighted by molar-refractivity contribution is 5.96. The Morgan fingerprint density at radius 1 is 0.933 bits per heavy atom. The summed E-state index contributed by atoms with van der Waals surface area (Å²) < 4.78 is 3.47. The van der Waals surface area contributed by atoms with Crippen molar-refractivity contribution in [3.63, 3.8) is 0 Å². The Labute approximate surface area is 173 Å². The van der Waals surface area contributed by atoms with Crippen LogP contribution in [-0.2, 0) is 13.0 Å². The minimum atomic E-state index is -0.0556. The average Bonchev–Trinajstić information content (AvgIpc) is 3.49. The van der Waals surface area contributed by atoms with Crippen molar-refractivity contribution >= 4 is 11.8 Å². The molecule has 4 heterocycles. The highest BCUT2D eigenvalue weighted by Gasteiger charge is 2.28. The van der Waals surface area contributed by atoms with Crippen LogP contribution in [0.3, 0.4) is 0 Å². The van der Waals surface area contributed by atoms with Gasteiger partial charge in [0.05, 0.1) is 23.1 Å². The summed E-state index contributed by atoms with van der Waals surface area (Å²) in [5.74, 6) is -0.0362. The van der Waals surface area contributed by atoms with Gasteiger partial charge in [0.2, 0.25) is 0 Å². The molecule has 0 N–H and O–H groups in total. The predicted molar refractivity (Wildman–Crippen MR) is 106 cm³/mol. The minimum Gasteiger partial charge on any atom is -0.335 e. The SMILES string of the molecule is O=C(c1cccc(-n2cnnn2)c1)N1CCN(C(=O)c2cnn3c2CCCC3)CC1. The normalized spacial score (nSPS) is 16.4. The van der Waals surface area contributed by atoms with Crippen LogP contribution in [0.4, 0.5) is 0 Å². The zero-order chi connectivity index (χ0) is 20.5. The monoisotopic (exact) mass is 406 g/mol. The quantitative estimate of drug-likeness (QED) is 0.637. The Bertz CT molecular complexity index is 1070. The van der Waals surface area contributed by atoms with E-state index in [1.54, 1.807) is 23.2 Å². The van der Waals surface area contributed by atoms with E-state index in [4.69, 9.17) is 0 Å². The Hall–Kier alpha value is -3.56. The zero-order valence-corrected chi connectivity index (χ0v) is 16.5. The molecular formula is C20H22N8O2. The summed E-state index contributed by atoms with van der Waals surface area (Å²) in [5, 5.41) is 15.5. The van der Waals surface area contributed by atoms with Gasteiger partial charge < -0.3 is 9.80 Å². The fraction of sp³-hybridized carbons (Fsp3) is 0.400. The number of aromatic nitrogens is 6. The first-order valence-corrected chi connectivity index (χ1v) is 10.2. The topological polar surface area (TPSA) is 102 Å². The van der Waals surface area contributed by atoms with Crippen molar-refractivity contribution in [3.8, 4) is 5.69 Å². The van der Waals surface area contributed by atoms with E-state index in [0.29, 0.717) is 37.3 Å². The molecule has 1 fully saturated rings. The molecule has 1 aromatic carbocycles. The molecule has 2 aliphatic rings. The molecule has 10 heteroatoms. The van der Waals surface area contributed by atoms with Gasteiger partial charge in [0, 0.05) is 38.3 Å². The number of hydrogen-bond acceptors (Lipinski definition) is 6. The fourth-order valence-electron chi connectivity index (χ4n) is 4.13. The largest absolute Gasteiger partial charge is 0.335 e. The highest BCUT2D eigenvalue weighted by atomic mass is 16.2. The molecule has 2 aliphatic heterocycles. The van der Waals surface area contributed by atoms with Gasteiger partial charge in [-0.15, -0.1) is 5.10 Å². The third kappa shape index (κ3) is 3.34. The number of nitrogens with zero attached hydrogens (tertiary/aromatic N) is 8.